The number of nitrogens with zero attached hydrogens (tertiary/aromatic N) is 1. The van der Waals surface area contributed by atoms with Gasteiger partial charge in [-0.1, -0.05) is 0 Å². The van der Waals surface area contributed by atoms with E-state index in [0.29, 0.717) is 5.71 Å². The van der Waals surface area contributed by atoms with Crippen LogP contribution in [0.3, 0.4) is 0 Å². The summed E-state index contributed by atoms with van der Waals surface area (Å²) in [6.07, 6.45) is 0. The third-order valence-electron chi connectivity index (χ3n) is 2.57. The van der Waals surface area contributed by atoms with Crippen molar-refractivity contribution < 1.29 is 9.90 Å². The van der Waals surface area contributed by atoms with Crippen molar-refractivity contribution in [2.75, 3.05) is 0 Å². The van der Waals surface area contributed by atoms with Crippen molar-refractivity contribution in [1.82, 2.24) is 5.43 Å². The maximum Gasteiger partial charge on any atom is 0.251 e. The molecular weight excluding hydrogens is 192 g/mol. The molecule has 0 radical (unpaired) electrons. The van der Waals surface area contributed by atoms with Crippen LogP contribution >= 0.6 is 0 Å². The van der Waals surface area contributed by atoms with Crippen molar-refractivity contribution in [3.63, 3.8) is 0 Å². The van der Waals surface area contributed by atoms with Gasteiger partial charge >= 0.3 is 0 Å². The van der Waals surface area contributed by atoms with Gasteiger partial charge in [-0.25, -0.2) is 5.43 Å². The molecule has 0 aromatic heterocycles. The Morgan fingerprint density at radius 1 is 1.27 bits per heavy atom. The van der Waals surface area contributed by atoms with Crippen molar-refractivity contribution in [3.8, 4) is 5.75 Å². The number of aromatic hydroxyl groups is 1. The lowest BCUT2D eigenvalue weighted by Crippen LogP contribution is -2.32. The smallest absolute Gasteiger partial charge is 0.251 e. The van der Waals surface area contributed by atoms with Gasteiger partial charge in [-0.05, 0) is 43.7 Å². The summed E-state index contributed by atoms with van der Waals surface area (Å²) < 4.78 is 0. The first-order valence-electron chi connectivity index (χ1n) is 4.70. The lowest BCUT2D eigenvalue weighted by atomic mass is 9.84. The SMILES string of the molecule is CC1(C)C(=O)NN=C1c1ccc(O)cc1. The van der Waals surface area contributed by atoms with Crippen LogP contribution in [0.25, 0.3) is 0 Å². The summed E-state index contributed by atoms with van der Waals surface area (Å²) >= 11 is 0. The third-order valence-corrected chi connectivity index (χ3v) is 2.57. The maximum atomic E-state index is 11.5. The van der Waals surface area contributed by atoms with E-state index in [2.05, 4.69) is 10.5 Å². The standard InChI is InChI=1S/C11H12N2O2/c1-11(2)9(12-13-10(11)15)7-3-5-8(14)6-4-7/h3-6,14H,1-2H3,(H,13,15). The molecule has 1 aliphatic heterocycles. The Bertz CT molecular complexity index is 432. The van der Waals surface area contributed by atoms with E-state index in [1.807, 2.05) is 13.8 Å². The van der Waals surface area contributed by atoms with Crippen LogP contribution < -0.4 is 5.43 Å². The number of amides is 1. The highest BCUT2D eigenvalue weighted by Gasteiger charge is 2.39. The fraction of sp³-hybridized carbons (Fsp3) is 0.273. The van der Waals surface area contributed by atoms with Gasteiger partial charge in [0.2, 0.25) is 0 Å². The minimum Gasteiger partial charge on any atom is -0.508 e. The second-order valence-corrected chi connectivity index (χ2v) is 4.07. The van der Waals surface area contributed by atoms with Gasteiger partial charge in [0.05, 0.1) is 11.1 Å². The second kappa shape index (κ2) is 3.08. The van der Waals surface area contributed by atoms with E-state index in [1.165, 1.54) is 0 Å². The lowest BCUT2D eigenvalue weighted by Gasteiger charge is -2.16. The van der Waals surface area contributed by atoms with E-state index in [4.69, 9.17) is 5.11 Å². The number of nitrogens with one attached hydrogen (secondary N) is 1. The van der Waals surface area contributed by atoms with Crippen LogP contribution in [0.15, 0.2) is 29.4 Å². The lowest BCUT2D eigenvalue weighted by molar-refractivity contribution is -0.125. The number of benzene rings is 1. The van der Waals surface area contributed by atoms with Gasteiger partial charge in [0.25, 0.3) is 5.91 Å². The summed E-state index contributed by atoms with van der Waals surface area (Å²) in [7, 11) is 0. The van der Waals surface area contributed by atoms with Gasteiger partial charge in [-0.15, -0.1) is 0 Å². The van der Waals surface area contributed by atoms with Crippen LogP contribution in [0, 0.1) is 5.41 Å². The van der Waals surface area contributed by atoms with Gasteiger partial charge < -0.3 is 5.11 Å². The van der Waals surface area contributed by atoms with E-state index in [1.54, 1.807) is 24.3 Å². The predicted molar refractivity (Wildman–Crippen MR) is 56.6 cm³/mol. The van der Waals surface area contributed by atoms with E-state index >= 15 is 0 Å². The Labute approximate surface area is 87.6 Å². The van der Waals surface area contributed by atoms with E-state index in [9.17, 15) is 4.79 Å². The van der Waals surface area contributed by atoms with Gasteiger partial charge in [0.15, 0.2) is 0 Å². The van der Waals surface area contributed by atoms with Gasteiger partial charge in [0.1, 0.15) is 5.75 Å². The molecule has 2 rings (SSSR count). The first kappa shape index (κ1) is 9.71. The first-order chi connectivity index (χ1) is 7.01. The number of hydrazone groups is 1. The van der Waals surface area contributed by atoms with Crippen LogP contribution in [0.2, 0.25) is 0 Å². The van der Waals surface area contributed by atoms with Crippen LogP contribution in [-0.4, -0.2) is 16.7 Å². The number of rotatable bonds is 1. The molecule has 1 aromatic carbocycles. The summed E-state index contributed by atoms with van der Waals surface area (Å²) in [5.74, 6) is 0.0972. The van der Waals surface area contributed by atoms with Crippen LogP contribution in [0.1, 0.15) is 19.4 Å². The number of phenols is 1. The molecule has 1 amide bonds. The Morgan fingerprint density at radius 2 is 1.87 bits per heavy atom. The summed E-state index contributed by atoms with van der Waals surface area (Å²) in [5.41, 5.74) is 3.39. The third kappa shape index (κ3) is 1.48. The fourth-order valence-electron chi connectivity index (χ4n) is 1.54. The molecule has 78 valence electrons. The molecule has 4 nitrogen and oxygen atoms in total. The van der Waals surface area contributed by atoms with E-state index < -0.39 is 5.41 Å². The largest absolute Gasteiger partial charge is 0.508 e. The average Bonchev–Trinajstić information content (AvgIpc) is 2.44. The molecule has 0 aliphatic carbocycles. The molecule has 0 bridgehead atoms. The number of carbonyl (C=O) groups is 1. The van der Waals surface area contributed by atoms with Crippen molar-refractivity contribution in [3.05, 3.63) is 29.8 Å². The van der Waals surface area contributed by atoms with Gasteiger partial charge in [-0.2, -0.15) is 5.10 Å². The van der Waals surface area contributed by atoms with Crippen molar-refractivity contribution in [2.24, 2.45) is 10.5 Å². The second-order valence-electron chi connectivity index (χ2n) is 4.07. The quantitative estimate of drug-likeness (QED) is 0.723. The Hall–Kier alpha value is -1.84. The zero-order valence-corrected chi connectivity index (χ0v) is 8.61. The molecule has 0 unspecified atom stereocenters. The molecule has 2 N–H and O–H groups in total. The number of carbonyl (C=O) groups excluding carboxylic acids is 1. The molecule has 0 spiro atoms. The number of hydrogen-bond acceptors (Lipinski definition) is 3. The summed E-state index contributed by atoms with van der Waals surface area (Å²) in [6, 6.07) is 6.65. The Balaban J connectivity index is 2.41. The predicted octanol–water partition coefficient (Wildman–Crippen LogP) is 1.25. The Morgan fingerprint density at radius 3 is 2.33 bits per heavy atom. The first-order valence-corrected chi connectivity index (χ1v) is 4.70. The zero-order valence-electron chi connectivity index (χ0n) is 8.61. The molecule has 0 saturated heterocycles. The average molecular weight is 204 g/mol. The topological polar surface area (TPSA) is 61.7 Å². The number of hydrogen-bond donors (Lipinski definition) is 2. The fourth-order valence-corrected chi connectivity index (χ4v) is 1.54. The summed E-state index contributed by atoms with van der Waals surface area (Å²) in [6.45, 7) is 3.64. The zero-order chi connectivity index (χ0) is 11.1. The molecule has 1 heterocycles. The summed E-state index contributed by atoms with van der Waals surface area (Å²) in [4.78, 5) is 11.5. The van der Waals surface area contributed by atoms with Crippen molar-refractivity contribution in [2.45, 2.75) is 13.8 Å². The molecule has 0 saturated carbocycles. The van der Waals surface area contributed by atoms with Crippen LogP contribution in [0.5, 0.6) is 5.75 Å². The van der Waals surface area contributed by atoms with Crippen molar-refractivity contribution in [1.29, 1.82) is 0 Å². The highest BCUT2D eigenvalue weighted by atomic mass is 16.3. The van der Waals surface area contributed by atoms with Gasteiger partial charge in [-0.3, -0.25) is 4.79 Å². The molecule has 15 heavy (non-hydrogen) atoms. The van der Waals surface area contributed by atoms with Crippen LogP contribution in [0.4, 0.5) is 0 Å². The van der Waals surface area contributed by atoms with E-state index in [-0.39, 0.29) is 11.7 Å². The number of phenolic OH excluding ortho intramolecular Hbond substituents is 1. The molecular formula is C11H12N2O2. The highest BCUT2D eigenvalue weighted by Crippen LogP contribution is 2.27. The van der Waals surface area contributed by atoms with Crippen LogP contribution in [-0.2, 0) is 4.79 Å². The normalized spacial score (nSPS) is 18.5. The maximum absolute atomic E-state index is 11.5. The van der Waals surface area contributed by atoms with Crippen molar-refractivity contribution >= 4 is 11.6 Å². The molecule has 4 heteroatoms. The van der Waals surface area contributed by atoms with E-state index in [0.717, 1.165) is 5.56 Å². The summed E-state index contributed by atoms with van der Waals surface area (Å²) in [5, 5.41) is 13.2. The molecule has 1 aliphatic rings. The minimum atomic E-state index is -0.614. The Kier molecular flexibility index (Phi) is 2.00. The molecule has 0 fully saturated rings. The minimum absolute atomic E-state index is 0.106. The van der Waals surface area contributed by atoms with Gasteiger partial charge in [0, 0.05) is 0 Å². The molecule has 0 atom stereocenters. The highest BCUT2D eigenvalue weighted by molar-refractivity contribution is 6.19. The monoisotopic (exact) mass is 204 g/mol. The molecule has 1 aromatic rings.